The molecule has 1 aliphatic heterocycles. The molecule has 0 spiro atoms. The second kappa shape index (κ2) is 6.35. The van der Waals surface area contributed by atoms with Gasteiger partial charge in [-0.15, -0.1) is 12.4 Å². The first-order valence-corrected chi connectivity index (χ1v) is 5.63. The van der Waals surface area contributed by atoms with Crippen molar-refractivity contribution in [3.05, 3.63) is 33.9 Å². The van der Waals surface area contributed by atoms with Crippen LogP contribution in [0.3, 0.4) is 0 Å². The Balaban J connectivity index is 0.00000180. The van der Waals surface area contributed by atoms with E-state index in [0.717, 1.165) is 13.0 Å². The van der Waals surface area contributed by atoms with Gasteiger partial charge in [-0.05, 0) is 19.0 Å². The van der Waals surface area contributed by atoms with Crippen LogP contribution in [0.15, 0.2) is 18.2 Å². The molecule has 1 amide bonds. The van der Waals surface area contributed by atoms with E-state index in [-0.39, 0.29) is 41.3 Å². The Kier molecular flexibility index (Phi) is 5.08. The molecule has 19 heavy (non-hydrogen) atoms. The molecule has 1 aromatic carbocycles. The van der Waals surface area contributed by atoms with E-state index in [1.165, 1.54) is 18.2 Å². The maximum atomic E-state index is 12.0. The van der Waals surface area contributed by atoms with Crippen LogP contribution in [0.1, 0.15) is 16.8 Å². The van der Waals surface area contributed by atoms with Gasteiger partial charge in [0.15, 0.2) is 0 Å². The molecule has 7 nitrogen and oxygen atoms in total. The summed E-state index contributed by atoms with van der Waals surface area (Å²) in [6.45, 7) is 1.57. The summed E-state index contributed by atoms with van der Waals surface area (Å²) in [7, 11) is 0. The highest BCUT2D eigenvalue weighted by Crippen LogP contribution is 2.19. The Hall–Kier alpha value is -1.86. The van der Waals surface area contributed by atoms with Crippen molar-refractivity contribution in [1.29, 1.82) is 0 Å². The molecule has 8 heteroatoms. The van der Waals surface area contributed by atoms with E-state index in [9.17, 15) is 14.9 Å². The van der Waals surface area contributed by atoms with E-state index in [2.05, 4.69) is 10.6 Å². The molecule has 1 saturated heterocycles. The van der Waals surface area contributed by atoms with Crippen LogP contribution in [0, 0.1) is 10.1 Å². The molecule has 1 atom stereocenters. The molecule has 0 aliphatic carbocycles. The zero-order chi connectivity index (χ0) is 13.1. The minimum Gasteiger partial charge on any atom is -0.398 e. The third kappa shape index (κ3) is 3.55. The molecule has 1 fully saturated rings. The largest absolute Gasteiger partial charge is 0.398 e. The summed E-state index contributed by atoms with van der Waals surface area (Å²) in [5.74, 6) is -0.370. The smallest absolute Gasteiger partial charge is 0.270 e. The standard InChI is InChI=1S/C11H14N4O3.ClH/c12-10-2-1-8(15(17)18)5-9(10)11(16)14-7-3-4-13-6-7;/h1-2,5,7,13H,3-4,6,12H2,(H,14,16);1H. The highest BCUT2D eigenvalue weighted by molar-refractivity contribution is 6.00. The minimum atomic E-state index is -0.548. The summed E-state index contributed by atoms with van der Waals surface area (Å²) in [6.07, 6.45) is 0.848. The first-order chi connectivity index (χ1) is 8.58. The number of hydrogen-bond donors (Lipinski definition) is 3. The molecular formula is C11H15ClN4O3. The molecule has 0 saturated carbocycles. The molecule has 1 aliphatic rings. The van der Waals surface area contributed by atoms with Gasteiger partial charge in [0.05, 0.1) is 10.5 Å². The summed E-state index contributed by atoms with van der Waals surface area (Å²) >= 11 is 0. The number of rotatable bonds is 3. The lowest BCUT2D eigenvalue weighted by atomic mass is 10.1. The number of halogens is 1. The number of carbonyl (C=O) groups excluding carboxylic acids is 1. The first-order valence-electron chi connectivity index (χ1n) is 5.63. The van der Waals surface area contributed by atoms with Crippen molar-refractivity contribution < 1.29 is 9.72 Å². The van der Waals surface area contributed by atoms with Crippen LogP contribution in [-0.4, -0.2) is 30.0 Å². The Bertz CT molecular complexity index is 489. The van der Waals surface area contributed by atoms with Gasteiger partial charge < -0.3 is 16.4 Å². The van der Waals surface area contributed by atoms with Crippen molar-refractivity contribution in [2.75, 3.05) is 18.8 Å². The summed E-state index contributed by atoms with van der Waals surface area (Å²) < 4.78 is 0. The molecule has 0 bridgehead atoms. The van der Waals surface area contributed by atoms with Crippen LogP contribution in [0.2, 0.25) is 0 Å². The number of nitro benzene ring substituents is 1. The number of benzene rings is 1. The van der Waals surface area contributed by atoms with Gasteiger partial charge in [-0.25, -0.2) is 0 Å². The fraction of sp³-hybridized carbons (Fsp3) is 0.364. The molecule has 1 aromatic rings. The van der Waals surface area contributed by atoms with Crippen LogP contribution in [-0.2, 0) is 0 Å². The van der Waals surface area contributed by atoms with Gasteiger partial charge in [0, 0.05) is 30.4 Å². The lowest BCUT2D eigenvalue weighted by Gasteiger charge is -2.12. The second-order valence-corrected chi connectivity index (χ2v) is 4.19. The Morgan fingerprint density at radius 1 is 1.53 bits per heavy atom. The van der Waals surface area contributed by atoms with Gasteiger partial charge in [0.2, 0.25) is 0 Å². The normalized spacial score (nSPS) is 17.6. The van der Waals surface area contributed by atoms with E-state index in [4.69, 9.17) is 5.73 Å². The lowest BCUT2D eigenvalue weighted by molar-refractivity contribution is -0.384. The number of nitrogens with one attached hydrogen (secondary N) is 2. The Labute approximate surface area is 116 Å². The highest BCUT2D eigenvalue weighted by atomic mass is 35.5. The third-order valence-corrected chi connectivity index (χ3v) is 2.89. The van der Waals surface area contributed by atoms with E-state index >= 15 is 0 Å². The quantitative estimate of drug-likeness (QED) is 0.430. The number of nitrogens with two attached hydrogens (primary N) is 1. The maximum absolute atomic E-state index is 12.0. The zero-order valence-corrected chi connectivity index (χ0v) is 10.9. The van der Waals surface area contributed by atoms with Crippen molar-refractivity contribution in [3.63, 3.8) is 0 Å². The molecule has 1 unspecified atom stereocenters. The average molecular weight is 287 g/mol. The zero-order valence-electron chi connectivity index (χ0n) is 10.1. The number of nitrogen functional groups attached to an aromatic ring is 1. The van der Waals surface area contributed by atoms with Crippen LogP contribution in [0.4, 0.5) is 11.4 Å². The van der Waals surface area contributed by atoms with Gasteiger partial charge in [-0.3, -0.25) is 14.9 Å². The van der Waals surface area contributed by atoms with Crippen LogP contribution in [0.5, 0.6) is 0 Å². The number of non-ortho nitro benzene ring substituents is 1. The minimum absolute atomic E-state index is 0. The Morgan fingerprint density at radius 3 is 2.84 bits per heavy atom. The summed E-state index contributed by atoms with van der Waals surface area (Å²) in [6, 6.07) is 3.91. The van der Waals surface area contributed by atoms with Gasteiger partial charge in [-0.1, -0.05) is 0 Å². The number of nitrogens with zero attached hydrogens (tertiary/aromatic N) is 1. The van der Waals surface area contributed by atoms with Crippen molar-refractivity contribution in [1.82, 2.24) is 10.6 Å². The predicted octanol–water partition coefficient (Wildman–Crippen LogP) is 0.691. The maximum Gasteiger partial charge on any atom is 0.270 e. The average Bonchev–Trinajstić information content (AvgIpc) is 2.81. The fourth-order valence-corrected chi connectivity index (χ4v) is 1.90. The number of amides is 1. The lowest BCUT2D eigenvalue weighted by Crippen LogP contribution is -2.36. The number of anilines is 1. The van der Waals surface area contributed by atoms with Crippen molar-refractivity contribution in [2.45, 2.75) is 12.5 Å². The van der Waals surface area contributed by atoms with Crippen LogP contribution < -0.4 is 16.4 Å². The van der Waals surface area contributed by atoms with E-state index in [0.29, 0.717) is 6.54 Å². The number of hydrogen-bond acceptors (Lipinski definition) is 5. The van der Waals surface area contributed by atoms with Crippen LogP contribution in [0.25, 0.3) is 0 Å². The highest BCUT2D eigenvalue weighted by Gasteiger charge is 2.20. The third-order valence-electron chi connectivity index (χ3n) is 2.89. The summed E-state index contributed by atoms with van der Waals surface area (Å²) in [5, 5.41) is 16.6. The van der Waals surface area contributed by atoms with Gasteiger partial charge in [0.25, 0.3) is 11.6 Å². The fourth-order valence-electron chi connectivity index (χ4n) is 1.90. The van der Waals surface area contributed by atoms with Crippen molar-refractivity contribution in [3.8, 4) is 0 Å². The molecule has 0 aromatic heterocycles. The summed E-state index contributed by atoms with van der Waals surface area (Å²) in [5.41, 5.74) is 5.91. The SMILES string of the molecule is Cl.Nc1ccc([N+](=O)[O-])cc1C(=O)NC1CCNC1. The first kappa shape index (κ1) is 15.2. The number of nitro groups is 1. The second-order valence-electron chi connectivity index (χ2n) is 4.19. The molecule has 4 N–H and O–H groups in total. The monoisotopic (exact) mass is 286 g/mol. The topological polar surface area (TPSA) is 110 Å². The number of carbonyl (C=O) groups is 1. The van der Waals surface area contributed by atoms with E-state index < -0.39 is 4.92 Å². The van der Waals surface area contributed by atoms with E-state index in [1.807, 2.05) is 0 Å². The molecule has 0 radical (unpaired) electrons. The van der Waals surface area contributed by atoms with Crippen LogP contribution >= 0.6 is 12.4 Å². The molecule has 1 heterocycles. The van der Waals surface area contributed by atoms with Gasteiger partial charge >= 0.3 is 0 Å². The van der Waals surface area contributed by atoms with Crippen molar-refractivity contribution in [2.24, 2.45) is 0 Å². The van der Waals surface area contributed by atoms with Gasteiger partial charge in [-0.2, -0.15) is 0 Å². The van der Waals surface area contributed by atoms with E-state index in [1.54, 1.807) is 0 Å². The molecule has 104 valence electrons. The summed E-state index contributed by atoms with van der Waals surface area (Å²) in [4.78, 5) is 22.1. The Morgan fingerprint density at radius 2 is 2.26 bits per heavy atom. The molecular weight excluding hydrogens is 272 g/mol. The van der Waals surface area contributed by atoms with Crippen molar-refractivity contribution >= 4 is 29.7 Å². The van der Waals surface area contributed by atoms with Gasteiger partial charge in [0.1, 0.15) is 0 Å². The molecule has 2 rings (SSSR count). The predicted molar refractivity (Wildman–Crippen MR) is 73.5 cm³/mol.